The number of phenolic OH excluding ortho intramolecular Hbond substituents is 2. The van der Waals surface area contributed by atoms with E-state index >= 15 is 0 Å². The molecule has 190 valence electrons. The van der Waals surface area contributed by atoms with Gasteiger partial charge in [-0.15, -0.1) is 0 Å². The van der Waals surface area contributed by atoms with Crippen LogP contribution in [-0.4, -0.2) is 41.4 Å². The molecule has 1 aliphatic heterocycles. The summed E-state index contributed by atoms with van der Waals surface area (Å²) in [5, 5.41) is 20.0. The Kier molecular flexibility index (Phi) is 7.76. The molecule has 0 aromatic heterocycles. The smallest absolute Gasteiger partial charge is 0.165 e. The molecule has 4 nitrogen and oxygen atoms in total. The first-order chi connectivity index (χ1) is 17.5. The van der Waals surface area contributed by atoms with Crippen molar-refractivity contribution in [2.75, 3.05) is 26.2 Å². The molecule has 0 saturated carbocycles. The molecule has 1 aliphatic carbocycles. The van der Waals surface area contributed by atoms with E-state index in [1.165, 1.54) is 36.0 Å². The first-order valence-corrected chi connectivity index (χ1v) is 13.3. The van der Waals surface area contributed by atoms with Crippen LogP contribution in [0.15, 0.2) is 54.6 Å². The van der Waals surface area contributed by atoms with E-state index in [1.807, 2.05) is 30.3 Å². The number of aromatic hydroxyl groups is 2. The zero-order valence-corrected chi connectivity index (χ0v) is 20.9. The van der Waals surface area contributed by atoms with Gasteiger partial charge < -0.3 is 14.9 Å². The van der Waals surface area contributed by atoms with Crippen molar-refractivity contribution >= 4 is 0 Å². The van der Waals surface area contributed by atoms with E-state index in [0.717, 1.165) is 56.4 Å². The normalized spacial score (nSPS) is 18.1. The lowest BCUT2D eigenvalue weighted by atomic mass is 9.78. The molecule has 0 bridgehead atoms. The van der Waals surface area contributed by atoms with Crippen LogP contribution < -0.4 is 4.74 Å². The zero-order valence-electron chi connectivity index (χ0n) is 20.9. The van der Waals surface area contributed by atoms with Gasteiger partial charge in [0.2, 0.25) is 0 Å². The molecule has 1 fully saturated rings. The van der Waals surface area contributed by atoms with Crippen LogP contribution in [0.25, 0.3) is 0 Å². The van der Waals surface area contributed by atoms with Crippen LogP contribution in [-0.2, 0) is 25.7 Å². The Bertz CT molecular complexity index is 1190. The van der Waals surface area contributed by atoms with Gasteiger partial charge in [0.15, 0.2) is 11.6 Å². The molecule has 1 atom stereocenters. The maximum Gasteiger partial charge on any atom is 0.165 e. The van der Waals surface area contributed by atoms with Gasteiger partial charge in [0.05, 0.1) is 0 Å². The van der Waals surface area contributed by atoms with Crippen LogP contribution >= 0.6 is 0 Å². The van der Waals surface area contributed by atoms with Crippen LogP contribution in [0.3, 0.4) is 0 Å². The Morgan fingerprint density at radius 2 is 1.67 bits per heavy atom. The van der Waals surface area contributed by atoms with Crippen molar-refractivity contribution in [3.8, 4) is 17.2 Å². The van der Waals surface area contributed by atoms with Crippen LogP contribution in [0.4, 0.5) is 4.39 Å². The molecule has 1 unspecified atom stereocenters. The minimum absolute atomic E-state index is 0.263. The summed E-state index contributed by atoms with van der Waals surface area (Å²) in [5.74, 6) is 0.960. The molecule has 5 rings (SSSR count). The maximum absolute atomic E-state index is 14.7. The molecule has 36 heavy (non-hydrogen) atoms. The van der Waals surface area contributed by atoms with Crippen molar-refractivity contribution in [1.82, 2.24) is 4.90 Å². The van der Waals surface area contributed by atoms with Gasteiger partial charge in [0.25, 0.3) is 0 Å². The molecule has 2 aliphatic rings. The number of hydrogen-bond acceptors (Lipinski definition) is 4. The average molecular weight is 490 g/mol. The topological polar surface area (TPSA) is 52.9 Å². The molecular weight excluding hydrogens is 453 g/mol. The van der Waals surface area contributed by atoms with Gasteiger partial charge in [0, 0.05) is 6.54 Å². The second kappa shape index (κ2) is 11.3. The molecule has 1 saturated heterocycles. The van der Waals surface area contributed by atoms with Crippen LogP contribution in [0, 0.1) is 5.82 Å². The van der Waals surface area contributed by atoms with E-state index in [-0.39, 0.29) is 11.6 Å². The molecule has 3 aromatic carbocycles. The summed E-state index contributed by atoms with van der Waals surface area (Å²) < 4.78 is 20.5. The number of piperidine rings is 1. The Balaban J connectivity index is 1.21. The summed E-state index contributed by atoms with van der Waals surface area (Å²) in [6.45, 7) is 3.57. The Labute approximate surface area is 213 Å². The highest BCUT2D eigenvalue weighted by Crippen LogP contribution is 2.37. The number of fused-ring (bicyclic) bond motifs is 1. The largest absolute Gasteiger partial charge is 0.508 e. The van der Waals surface area contributed by atoms with Crippen LogP contribution in [0.1, 0.15) is 59.4 Å². The highest BCUT2D eigenvalue weighted by molar-refractivity contribution is 5.43. The first-order valence-electron chi connectivity index (χ1n) is 13.3. The third-order valence-corrected chi connectivity index (χ3v) is 7.78. The summed E-state index contributed by atoms with van der Waals surface area (Å²) >= 11 is 0. The summed E-state index contributed by atoms with van der Waals surface area (Å²) in [4.78, 5) is 2.39. The number of likely N-dealkylation sites (tertiary alicyclic amines) is 1. The quantitative estimate of drug-likeness (QED) is 0.398. The van der Waals surface area contributed by atoms with Crippen molar-refractivity contribution in [3.63, 3.8) is 0 Å². The highest BCUT2D eigenvalue weighted by atomic mass is 19.1. The lowest BCUT2D eigenvalue weighted by molar-refractivity contribution is 0.180. The van der Waals surface area contributed by atoms with Crippen molar-refractivity contribution in [2.24, 2.45) is 0 Å². The Hall–Kier alpha value is -3.05. The summed E-state index contributed by atoms with van der Waals surface area (Å²) in [6.07, 6.45) is 8.06. The molecule has 2 N–H and O–H groups in total. The van der Waals surface area contributed by atoms with Gasteiger partial charge in [-0.05, 0) is 128 Å². The van der Waals surface area contributed by atoms with E-state index < -0.39 is 0 Å². The van der Waals surface area contributed by atoms with E-state index in [1.54, 1.807) is 24.3 Å². The average Bonchev–Trinajstić information content (AvgIpc) is 2.89. The second-order valence-electron chi connectivity index (χ2n) is 10.3. The number of rotatable bonds is 8. The van der Waals surface area contributed by atoms with E-state index in [0.29, 0.717) is 30.4 Å². The maximum atomic E-state index is 14.7. The Morgan fingerprint density at radius 1 is 0.861 bits per heavy atom. The van der Waals surface area contributed by atoms with Gasteiger partial charge in [-0.3, -0.25) is 4.90 Å². The molecule has 0 radical (unpaired) electrons. The fourth-order valence-corrected chi connectivity index (χ4v) is 5.78. The highest BCUT2D eigenvalue weighted by Gasteiger charge is 2.23. The predicted molar refractivity (Wildman–Crippen MR) is 141 cm³/mol. The number of ether oxygens (including phenoxy) is 1. The minimum atomic E-state index is -0.311. The van der Waals surface area contributed by atoms with Crippen molar-refractivity contribution in [1.29, 1.82) is 0 Å². The third-order valence-electron chi connectivity index (χ3n) is 7.78. The van der Waals surface area contributed by atoms with Gasteiger partial charge in [-0.25, -0.2) is 4.39 Å². The zero-order chi connectivity index (χ0) is 24.9. The van der Waals surface area contributed by atoms with Crippen molar-refractivity contribution < 1.29 is 19.3 Å². The molecule has 3 aromatic rings. The monoisotopic (exact) mass is 489 g/mol. The van der Waals surface area contributed by atoms with E-state index in [9.17, 15) is 14.6 Å². The predicted octanol–water partition coefficient (Wildman–Crippen LogP) is 6.16. The lowest BCUT2D eigenvalue weighted by Crippen LogP contribution is -2.33. The number of benzene rings is 3. The summed E-state index contributed by atoms with van der Waals surface area (Å²) in [5.41, 5.74) is 5.80. The number of aryl methyl sites for hydroxylation is 3. The van der Waals surface area contributed by atoms with Crippen molar-refractivity contribution in [3.05, 3.63) is 88.2 Å². The van der Waals surface area contributed by atoms with Crippen LogP contribution in [0.5, 0.6) is 17.2 Å². The summed E-state index contributed by atoms with van der Waals surface area (Å²) in [7, 11) is 0. The lowest BCUT2D eigenvalue weighted by Gasteiger charge is -2.27. The fraction of sp³-hybridized carbons (Fsp3) is 0.419. The van der Waals surface area contributed by atoms with Gasteiger partial charge in [-0.2, -0.15) is 0 Å². The number of halogens is 1. The molecule has 1 heterocycles. The summed E-state index contributed by atoms with van der Waals surface area (Å²) in [6, 6.07) is 16.6. The van der Waals surface area contributed by atoms with Crippen LogP contribution in [0.2, 0.25) is 0 Å². The number of nitrogens with zero attached hydrogens (tertiary/aromatic N) is 1. The molecule has 0 amide bonds. The number of hydrogen-bond donors (Lipinski definition) is 2. The molecule has 5 heteroatoms. The SMILES string of the molecule is Oc1ccc2c(c1)CCC(c1ccc(O)cc1CCc1ccc(OCCN3CCCCC3)c(F)c1)C2. The third kappa shape index (κ3) is 6.01. The van der Waals surface area contributed by atoms with E-state index in [2.05, 4.69) is 4.90 Å². The van der Waals surface area contributed by atoms with Gasteiger partial charge in [-0.1, -0.05) is 24.6 Å². The number of phenols is 2. The molecular formula is C31H36FNO3. The Morgan fingerprint density at radius 3 is 2.50 bits per heavy atom. The fourth-order valence-electron chi connectivity index (χ4n) is 5.78. The van der Waals surface area contributed by atoms with E-state index in [4.69, 9.17) is 4.74 Å². The minimum Gasteiger partial charge on any atom is -0.508 e. The van der Waals surface area contributed by atoms with Gasteiger partial charge >= 0.3 is 0 Å². The first kappa shape index (κ1) is 24.6. The van der Waals surface area contributed by atoms with Crippen molar-refractivity contribution in [2.45, 2.75) is 57.3 Å². The second-order valence-corrected chi connectivity index (χ2v) is 10.3. The van der Waals surface area contributed by atoms with Gasteiger partial charge in [0.1, 0.15) is 18.1 Å². The molecule has 0 spiro atoms. The standard InChI is InChI=1S/C31H36FNO3/c32-30-18-22(5-13-31(30)36-17-16-33-14-2-1-3-15-33)4-6-26-21-28(35)11-12-29(26)25-8-7-24-20-27(34)10-9-23(24)19-25/h5,9-13,18,20-21,25,34-35H,1-4,6-8,14-17,19H2.